The summed E-state index contributed by atoms with van der Waals surface area (Å²) in [5.74, 6) is 0.919. The Labute approximate surface area is 189 Å². The molecular formula is C24H22N2O5S. The van der Waals surface area contributed by atoms with Gasteiger partial charge in [-0.05, 0) is 41.3 Å². The van der Waals surface area contributed by atoms with E-state index in [1.165, 1.54) is 16.2 Å². The fourth-order valence-electron chi connectivity index (χ4n) is 3.53. The predicted molar refractivity (Wildman–Crippen MR) is 123 cm³/mol. The van der Waals surface area contributed by atoms with E-state index in [0.717, 1.165) is 10.4 Å². The van der Waals surface area contributed by atoms with E-state index in [1.54, 1.807) is 51.7 Å². The first-order valence-electron chi connectivity index (χ1n) is 9.82. The molecule has 7 nitrogen and oxygen atoms in total. The molecule has 1 aromatic heterocycles. The summed E-state index contributed by atoms with van der Waals surface area (Å²) in [4.78, 5) is 28.7. The average molecular weight is 451 g/mol. The third kappa shape index (κ3) is 3.92. The van der Waals surface area contributed by atoms with Crippen molar-refractivity contribution in [3.8, 4) is 17.2 Å². The molecule has 0 saturated heterocycles. The Morgan fingerprint density at radius 2 is 1.59 bits per heavy atom. The molecule has 0 atom stereocenters. The number of nitrogens with zero attached hydrogens (tertiary/aromatic N) is 1. The van der Waals surface area contributed by atoms with Crippen LogP contribution in [0.4, 0.5) is 5.69 Å². The number of thiophene rings is 1. The van der Waals surface area contributed by atoms with Crippen molar-refractivity contribution in [1.29, 1.82) is 0 Å². The molecule has 164 valence electrons. The maximum Gasteiger partial charge on any atom is 0.278 e. The average Bonchev–Trinajstić information content (AvgIpc) is 3.42. The summed E-state index contributed by atoms with van der Waals surface area (Å²) in [6, 6.07) is 16.2. The second-order valence-electron chi connectivity index (χ2n) is 6.94. The Kier molecular flexibility index (Phi) is 6.13. The van der Waals surface area contributed by atoms with E-state index in [0.29, 0.717) is 28.5 Å². The molecule has 8 heteroatoms. The summed E-state index contributed by atoms with van der Waals surface area (Å²) in [6.07, 6.45) is 0. The van der Waals surface area contributed by atoms with E-state index in [4.69, 9.17) is 14.2 Å². The molecular weight excluding hydrogens is 428 g/mol. The van der Waals surface area contributed by atoms with Gasteiger partial charge in [-0.15, -0.1) is 11.3 Å². The van der Waals surface area contributed by atoms with Crippen LogP contribution < -0.4 is 19.5 Å². The standard InChI is InChI=1S/C24H22N2O5S/c1-29-17-8-5-4-7-16(17)25-22-21(20-9-6-12-32-20)23(27)26(24(22)28)14-15-10-11-18(30-2)19(13-15)31-3/h4-13,25H,14H2,1-3H3. The smallest absolute Gasteiger partial charge is 0.278 e. The number of nitrogens with one attached hydrogen (secondary N) is 1. The number of carbonyl (C=O) groups is 2. The van der Waals surface area contributed by atoms with E-state index in [9.17, 15) is 9.59 Å². The molecule has 1 aliphatic heterocycles. The van der Waals surface area contributed by atoms with Crippen molar-refractivity contribution in [2.24, 2.45) is 0 Å². The van der Waals surface area contributed by atoms with Crippen LogP contribution in [0.1, 0.15) is 10.4 Å². The lowest BCUT2D eigenvalue weighted by atomic mass is 10.1. The molecule has 0 saturated carbocycles. The third-order valence-electron chi connectivity index (χ3n) is 5.09. The summed E-state index contributed by atoms with van der Waals surface area (Å²) in [5.41, 5.74) is 1.92. The number of para-hydroxylation sites is 2. The van der Waals surface area contributed by atoms with Gasteiger partial charge in [0.25, 0.3) is 11.8 Å². The molecule has 32 heavy (non-hydrogen) atoms. The first-order chi connectivity index (χ1) is 15.6. The highest BCUT2D eigenvalue weighted by molar-refractivity contribution is 7.11. The van der Waals surface area contributed by atoms with Crippen molar-refractivity contribution in [2.45, 2.75) is 6.54 Å². The monoisotopic (exact) mass is 450 g/mol. The van der Waals surface area contributed by atoms with Crippen molar-refractivity contribution in [3.63, 3.8) is 0 Å². The fraction of sp³-hybridized carbons (Fsp3) is 0.167. The first kappa shape index (κ1) is 21.5. The van der Waals surface area contributed by atoms with E-state index >= 15 is 0 Å². The quantitative estimate of drug-likeness (QED) is 0.519. The van der Waals surface area contributed by atoms with Crippen molar-refractivity contribution >= 4 is 34.4 Å². The lowest BCUT2D eigenvalue weighted by Crippen LogP contribution is -2.32. The van der Waals surface area contributed by atoms with E-state index in [2.05, 4.69) is 5.32 Å². The van der Waals surface area contributed by atoms with Gasteiger partial charge in [0, 0.05) is 4.88 Å². The normalized spacial score (nSPS) is 13.5. The molecule has 0 aliphatic carbocycles. The number of benzene rings is 2. The Hall–Kier alpha value is -3.78. The molecule has 1 aliphatic rings. The summed E-state index contributed by atoms with van der Waals surface area (Å²) in [6.45, 7) is 0.101. The molecule has 0 spiro atoms. The molecule has 0 fully saturated rings. The second-order valence-corrected chi connectivity index (χ2v) is 7.89. The Balaban J connectivity index is 1.70. The number of hydrogen-bond donors (Lipinski definition) is 1. The number of anilines is 1. The number of rotatable bonds is 8. The van der Waals surface area contributed by atoms with Crippen LogP contribution in [0.5, 0.6) is 17.2 Å². The molecule has 4 rings (SSSR count). The van der Waals surface area contributed by atoms with Crippen LogP contribution in [0.25, 0.3) is 5.57 Å². The van der Waals surface area contributed by atoms with Gasteiger partial charge in [-0.25, -0.2) is 0 Å². The van der Waals surface area contributed by atoms with Gasteiger partial charge in [0.1, 0.15) is 11.4 Å². The Morgan fingerprint density at radius 1 is 0.844 bits per heavy atom. The van der Waals surface area contributed by atoms with Crippen LogP contribution in [-0.4, -0.2) is 38.0 Å². The Bertz CT molecular complexity index is 1190. The zero-order chi connectivity index (χ0) is 22.7. The van der Waals surface area contributed by atoms with E-state index < -0.39 is 5.91 Å². The van der Waals surface area contributed by atoms with Gasteiger partial charge < -0.3 is 19.5 Å². The molecule has 2 amide bonds. The van der Waals surface area contributed by atoms with E-state index in [1.807, 2.05) is 29.6 Å². The maximum atomic E-state index is 13.4. The highest BCUT2D eigenvalue weighted by Crippen LogP contribution is 2.36. The van der Waals surface area contributed by atoms with Gasteiger partial charge in [0.15, 0.2) is 11.5 Å². The highest BCUT2D eigenvalue weighted by atomic mass is 32.1. The van der Waals surface area contributed by atoms with Crippen molar-refractivity contribution < 1.29 is 23.8 Å². The molecule has 0 radical (unpaired) electrons. The fourth-order valence-corrected chi connectivity index (χ4v) is 4.30. The lowest BCUT2D eigenvalue weighted by Gasteiger charge is -2.17. The molecule has 1 N–H and O–H groups in total. The number of amides is 2. The SMILES string of the molecule is COc1ccccc1NC1=C(c2cccs2)C(=O)N(Cc2ccc(OC)c(OC)c2)C1=O. The van der Waals surface area contributed by atoms with E-state index in [-0.39, 0.29) is 18.1 Å². The van der Waals surface area contributed by atoms with Crippen molar-refractivity contribution in [3.05, 3.63) is 76.1 Å². The van der Waals surface area contributed by atoms with Gasteiger partial charge >= 0.3 is 0 Å². The van der Waals surface area contributed by atoms with Crippen LogP contribution in [-0.2, 0) is 16.1 Å². The Morgan fingerprint density at radius 3 is 2.28 bits per heavy atom. The number of carbonyl (C=O) groups excluding carboxylic acids is 2. The van der Waals surface area contributed by atoms with Crippen molar-refractivity contribution in [1.82, 2.24) is 4.90 Å². The van der Waals surface area contributed by atoms with Crippen LogP contribution in [0.2, 0.25) is 0 Å². The third-order valence-corrected chi connectivity index (χ3v) is 5.98. The molecule has 0 unspecified atom stereocenters. The van der Waals surface area contributed by atoms with Crippen LogP contribution in [0.3, 0.4) is 0 Å². The highest BCUT2D eigenvalue weighted by Gasteiger charge is 2.40. The zero-order valence-electron chi connectivity index (χ0n) is 17.9. The molecule has 2 heterocycles. The largest absolute Gasteiger partial charge is 0.495 e. The second kappa shape index (κ2) is 9.15. The van der Waals surface area contributed by atoms with Gasteiger partial charge in [-0.1, -0.05) is 24.3 Å². The molecule has 3 aromatic rings. The van der Waals surface area contributed by atoms with Gasteiger partial charge in [-0.3, -0.25) is 14.5 Å². The maximum absolute atomic E-state index is 13.4. The van der Waals surface area contributed by atoms with Crippen LogP contribution in [0.15, 0.2) is 65.7 Å². The number of hydrogen-bond acceptors (Lipinski definition) is 7. The van der Waals surface area contributed by atoms with Crippen LogP contribution >= 0.6 is 11.3 Å². The lowest BCUT2D eigenvalue weighted by molar-refractivity contribution is -0.137. The zero-order valence-corrected chi connectivity index (χ0v) is 18.7. The number of imide groups is 1. The topological polar surface area (TPSA) is 77.1 Å². The summed E-state index contributed by atoms with van der Waals surface area (Å²) < 4.78 is 16.0. The summed E-state index contributed by atoms with van der Waals surface area (Å²) >= 11 is 1.40. The summed E-state index contributed by atoms with van der Waals surface area (Å²) in [7, 11) is 4.65. The van der Waals surface area contributed by atoms with Crippen LogP contribution in [0, 0.1) is 0 Å². The van der Waals surface area contributed by atoms with Crippen molar-refractivity contribution in [2.75, 3.05) is 26.6 Å². The minimum absolute atomic E-state index is 0.101. The predicted octanol–water partition coefficient (Wildman–Crippen LogP) is 4.17. The molecule has 0 bridgehead atoms. The van der Waals surface area contributed by atoms with Gasteiger partial charge in [0.05, 0.1) is 39.1 Å². The van der Waals surface area contributed by atoms with Gasteiger partial charge in [0.2, 0.25) is 0 Å². The first-order valence-corrected chi connectivity index (χ1v) is 10.7. The minimum atomic E-state index is -0.404. The number of methoxy groups -OCH3 is 3. The summed E-state index contributed by atoms with van der Waals surface area (Å²) in [5, 5.41) is 5.01. The minimum Gasteiger partial charge on any atom is -0.495 e. The molecule has 2 aromatic carbocycles. The van der Waals surface area contributed by atoms with Gasteiger partial charge in [-0.2, -0.15) is 0 Å². The number of ether oxygens (including phenoxy) is 3.